The Morgan fingerprint density at radius 3 is 2.29 bits per heavy atom. The number of nitrogens with zero attached hydrogens (tertiary/aromatic N) is 1. The number of imidazole rings is 1. The number of allylic oxidation sites excluding steroid dienone is 4. The van der Waals surface area contributed by atoms with E-state index >= 15 is 0 Å². The number of H-pyrrole nitrogens is 1. The zero-order valence-corrected chi connectivity index (χ0v) is 18.6. The minimum atomic E-state index is -0.327. The first kappa shape index (κ1) is 22.8. The van der Waals surface area contributed by atoms with E-state index in [1.165, 1.54) is 18.3 Å². The summed E-state index contributed by atoms with van der Waals surface area (Å²) >= 11 is 0. The maximum atomic E-state index is 12.7. The third kappa shape index (κ3) is 5.15. The lowest BCUT2D eigenvalue weighted by atomic mass is 9.92. The number of hydrogen-bond donors (Lipinski definition) is 2. The predicted octanol–water partition coefficient (Wildman–Crippen LogP) is 4.19. The lowest BCUT2D eigenvalue weighted by Crippen LogP contribution is -2.13. The van der Waals surface area contributed by atoms with E-state index in [1.54, 1.807) is 48.5 Å². The molecule has 0 saturated carbocycles. The zero-order valence-electron chi connectivity index (χ0n) is 18.6. The highest BCUT2D eigenvalue weighted by atomic mass is 16.2. The van der Waals surface area contributed by atoms with E-state index in [9.17, 15) is 19.2 Å². The topological polar surface area (TPSA) is 109 Å². The molecule has 4 rings (SSSR count). The molecule has 0 atom stereocenters. The summed E-state index contributed by atoms with van der Waals surface area (Å²) in [6.07, 6.45) is 5.34. The van der Waals surface area contributed by atoms with E-state index < -0.39 is 0 Å². The third-order valence-corrected chi connectivity index (χ3v) is 5.37. The van der Waals surface area contributed by atoms with Crippen LogP contribution in [0.25, 0.3) is 11.1 Å². The van der Waals surface area contributed by atoms with Crippen molar-refractivity contribution in [2.75, 3.05) is 5.32 Å². The highest BCUT2D eigenvalue weighted by Crippen LogP contribution is 2.25. The number of Topliss-reactive ketones (excluding diaryl/α,β-unsaturated/α-hetero) is 1. The Kier molecular flexibility index (Phi) is 6.73. The molecule has 0 radical (unpaired) electrons. The SMILES string of the molecule is CCCC(=O)Nc1ccc(C(=O)Cc2cnc(C3=CC(=O)C(c4ccccc4)=CC3=O)[nH]2)cc1. The van der Waals surface area contributed by atoms with Crippen molar-refractivity contribution >= 4 is 40.1 Å². The molecule has 1 aliphatic carbocycles. The maximum Gasteiger partial charge on any atom is 0.224 e. The van der Waals surface area contributed by atoms with Crippen LogP contribution in [0.3, 0.4) is 0 Å². The number of aromatic nitrogens is 2. The van der Waals surface area contributed by atoms with Crippen molar-refractivity contribution in [1.82, 2.24) is 9.97 Å². The first-order valence-corrected chi connectivity index (χ1v) is 11.0. The molecule has 2 N–H and O–H groups in total. The first-order chi connectivity index (χ1) is 16.4. The van der Waals surface area contributed by atoms with E-state index in [0.29, 0.717) is 34.5 Å². The Labute approximate surface area is 196 Å². The first-order valence-electron chi connectivity index (χ1n) is 11.0. The summed E-state index contributed by atoms with van der Waals surface area (Å²) in [5.41, 5.74) is 2.83. The molecule has 0 fully saturated rings. The molecule has 7 heteroatoms. The van der Waals surface area contributed by atoms with Crippen LogP contribution in [0.5, 0.6) is 0 Å². The summed E-state index contributed by atoms with van der Waals surface area (Å²) in [4.78, 5) is 56.8. The van der Waals surface area contributed by atoms with Crippen molar-refractivity contribution in [2.24, 2.45) is 0 Å². The lowest BCUT2D eigenvalue weighted by Gasteiger charge is -2.11. The lowest BCUT2D eigenvalue weighted by molar-refractivity contribution is -0.116. The number of hydrogen-bond acceptors (Lipinski definition) is 5. The molecule has 0 spiro atoms. The molecule has 1 aromatic heterocycles. The van der Waals surface area contributed by atoms with Crippen LogP contribution in [0.15, 0.2) is 72.9 Å². The Hall–Kier alpha value is -4.39. The average molecular weight is 453 g/mol. The van der Waals surface area contributed by atoms with Crippen LogP contribution >= 0.6 is 0 Å². The van der Waals surface area contributed by atoms with Gasteiger partial charge in [-0.2, -0.15) is 0 Å². The molecule has 0 aliphatic heterocycles. The second-order valence-corrected chi connectivity index (χ2v) is 7.94. The standard InChI is InChI=1S/C27H23N3O4/c1-2-6-26(34)29-19-11-9-18(10-12-19)23(31)13-20-16-28-27(30-20)22-15-24(32)21(14-25(22)33)17-7-4-3-5-8-17/h3-5,7-12,14-16H,2,6,13H2,1H3,(H,28,30)(H,29,34). The highest BCUT2D eigenvalue weighted by molar-refractivity contribution is 6.43. The summed E-state index contributed by atoms with van der Waals surface area (Å²) in [6.45, 7) is 1.93. The van der Waals surface area contributed by atoms with Crippen molar-refractivity contribution in [3.8, 4) is 0 Å². The van der Waals surface area contributed by atoms with E-state index in [0.717, 1.165) is 6.42 Å². The van der Waals surface area contributed by atoms with Gasteiger partial charge in [-0.15, -0.1) is 0 Å². The van der Waals surface area contributed by atoms with Crippen molar-refractivity contribution in [3.05, 3.63) is 95.6 Å². The molecular formula is C27H23N3O4. The van der Waals surface area contributed by atoms with Crippen LogP contribution in [0.2, 0.25) is 0 Å². The molecule has 34 heavy (non-hydrogen) atoms. The van der Waals surface area contributed by atoms with E-state index in [4.69, 9.17) is 0 Å². The number of benzene rings is 2. The second kappa shape index (κ2) is 10.0. The van der Waals surface area contributed by atoms with Gasteiger partial charge in [0.25, 0.3) is 0 Å². The van der Waals surface area contributed by atoms with Gasteiger partial charge in [0.05, 0.1) is 12.0 Å². The zero-order chi connectivity index (χ0) is 24.1. The molecule has 0 saturated heterocycles. The summed E-state index contributed by atoms with van der Waals surface area (Å²) in [5, 5.41) is 2.78. The normalized spacial score (nSPS) is 13.3. The van der Waals surface area contributed by atoms with Crippen LogP contribution in [-0.4, -0.2) is 33.2 Å². The summed E-state index contributed by atoms with van der Waals surface area (Å²) in [5.74, 6) is -0.568. The number of carbonyl (C=O) groups is 4. The smallest absolute Gasteiger partial charge is 0.224 e. The maximum absolute atomic E-state index is 12.7. The number of amides is 1. The monoisotopic (exact) mass is 453 g/mol. The molecule has 1 aliphatic rings. The van der Waals surface area contributed by atoms with E-state index in [-0.39, 0.29) is 41.1 Å². The van der Waals surface area contributed by atoms with Gasteiger partial charge in [0.1, 0.15) is 5.82 Å². The Morgan fingerprint density at radius 1 is 0.912 bits per heavy atom. The van der Waals surface area contributed by atoms with Gasteiger partial charge in [0, 0.05) is 41.2 Å². The molecule has 7 nitrogen and oxygen atoms in total. The minimum Gasteiger partial charge on any atom is -0.341 e. The molecule has 1 heterocycles. The fourth-order valence-corrected chi connectivity index (χ4v) is 3.64. The van der Waals surface area contributed by atoms with Gasteiger partial charge in [-0.3, -0.25) is 19.2 Å². The highest BCUT2D eigenvalue weighted by Gasteiger charge is 2.24. The van der Waals surface area contributed by atoms with Gasteiger partial charge < -0.3 is 10.3 Å². The average Bonchev–Trinajstić information content (AvgIpc) is 3.29. The molecule has 3 aromatic rings. The number of ketones is 3. The van der Waals surface area contributed by atoms with Crippen molar-refractivity contribution < 1.29 is 19.2 Å². The van der Waals surface area contributed by atoms with E-state index in [2.05, 4.69) is 15.3 Å². The molecule has 2 aromatic carbocycles. The summed E-state index contributed by atoms with van der Waals surface area (Å²) in [7, 11) is 0. The molecule has 170 valence electrons. The Bertz CT molecular complexity index is 1320. The van der Waals surface area contributed by atoms with Gasteiger partial charge in [-0.05, 0) is 42.3 Å². The van der Waals surface area contributed by atoms with Crippen LogP contribution in [-0.2, 0) is 20.8 Å². The largest absolute Gasteiger partial charge is 0.341 e. The Morgan fingerprint density at radius 2 is 1.59 bits per heavy atom. The van der Waals surface area contributed by atoms with Gasteiger partial charge in [0.15, 0.2) is 17.3 Å². The molecule has 1 amide bonds. The third-order valence-electron chi connectivity index (χ3n) is 5.37. The van der Waals surface area contributed by atoms with Crippen LogP contribution in [0, 0.1) is 0 Å². The number of nitrogens with one attached hydrogen (secondary N) is 2. The molecule has 0 bridgehead atoms. The minimum absolute atomic E-state index is 0.0507. The van der Waals surface area contributed by atoms with Gasteiger partial charge >= 0.3 is 0 Å². The van der Waals surface area contributed by atoms with E-state index in [1.807, 2.05) is 13.0 Å². The molecule has 0 unspecified atom stereocenters. The van der Waals surface area contributed by atoms with Crippen LogP contribution in [0.1, 0.15) is 47.2 Å². The Balaban J connectivity index is 1.43. The van der Waals surface area contributed by atoms with Crippen LogP contribution in [0.4, 0.5) is 5.69 Å². The van der Waals surface area contributed by atoms with Crippen molar-refractivity contribution in [2.45, 2.75) is 26.2 Å². The fraction of sp³-hybridized carbons (Fsp3) is 0.148. The predicted molar refractivity (Wildman–Crippen MR) is 129 cm³/mol. The number of rotatable bonds is 8. The quantitative estimate of drug-likeness (QED) is 0.393. The van der Waals surface area contributed by atoms with Gasteiger partial charge in [0.2, 0.25) is 5.91 Å². The number of aromatic amines is 1. The number of anilines is 1. The summed E-state index contributed by atoms with van der Waals surface area (Å²) < 4.78 is 0. The van der Waals surface area contributed by atoms with Crippen molar-refractivity contribution in [1.29, 1.82) is 0 Å². The summed E-state index contributed by atoms with van der Waals surface area (Å²) in [6, 6.07) is 15.7. The second-order valence-electron chi connectivity index (χ2n) is 7.94. The molecular weight excluding hydrogens is 430 g/mol. The van der Waals surface area contributed by atoms with Crippen molar-refractivity contribution in [3.63, 3.8) is 0 Å². The fourth-order valence-electron chi connectivity index (χ4n) is 3.64. The van der Waals surface area contributed by atoms with Gasteiger partial charge in [-0.1, -0.05) is 37.3 Å². The number of carbonyl (C=O) groups excluding carboxylic acids is 4. The van der Waals surface area contributed by atoms with Crippen LogP contribution < -0.4 is 5.32 Å². The van der Waals surface area contributed by atoms with Gasteiger partial charge in [-0.25, -0.2) is 4.98 Å².